The van der Waals surface area contributed by atoms with Crippen molar-refractivity contribution in [2.75, 3.05) is 34.9 Å². The van der Waals surface area contributed by atoms with Gasteiger partial charge in [0, 0.05) is 41.0 Å². The maximum Gasteiger partial charge on any atom is 0.504 e. The lowest BCUT2D eigenvalue weighted by Crippen LogP contribution is -2.43. The summed E-state index contributed by atoms with van der Waals surface area (Å²) in [5.41, 5.74) is 1.21. The maximum atomic E-state index is 5.37. The highest BCUT2D eigenvalue weighted by molar-refractivity contribution is 6.61. The molecular formula is C10H19NO3Si. The smallest absolute Gasteiger partial charge is 0.377 e. The van der Waals surface area contributed by atoms with Crippen LogP contribution in [0.4, 0.5) is 0 Å². The predicted molar refractivity (Wildman–Crippen MR) is 61.4 cm³/mol. The normalized spacial score (nSPS) is 16.8. The third-order valence-electron chi connectivity index (χ3n) is 2.54. The first-order valence-corrected chi connectivity index (χ1v) is 6.82. The van der Waals surface area contributed by atoms with Gasteiger partial charge in [-0.2, -0.15) is 0 Å². The summed E-state index contributed by atoms with van der Waals surface area (Å²) in [6.45, 7) is 0.924. The number of likely N-dealkylation sites (N-methyl/N-ethyl adjacent to an activating group) is 1. The molecule has 1 heterocycles. The Kier molecular flexibility index (Phi) is 4.53. The molecule has 4 nitrogen and oxygen atoms in total. The van der Waals surface area contributed by atoms with Gasteiger partial charge in [0.1, 0.15) is 0 Å². The van der Waals surface area contributed by atoms with E-state index in [1.807, 2.05) is 7.05 Å². The Morgan fingerprint density at radius 1 is 1.27 bits per heavy atom. The van der Waals surface area contributed by atoms with Crippen molar-refractivity contribution in [3.05, 3.63) is 23.9 Å². The summed E-state index contributed by atoms with van der Waals surface area (Å²) in [6, 6.07) is 0.723. The molecule has 0 saturated heterocycles. The molecule has 86 valence electrons. The van der Waals surface area contributed by atoms with Gasteiger partial charge in [-0.3, -0.25) is 0 Å². The number of hydrogen-bond acceptors (Lipinski definition) is 4. The highest BCUT2D eigenvalue weighted by atomic mass is 28.4. The third kappa shape index (κ3) is 3.17. The largest absolute Gasteiger partial charge is 0.504 e. The molecule has 0 saturated carbocycles. The molecule has 0 unspecified atom stereocenters. The van der Waals surface area contributed by atoms with E-state index in [0.717, 1.165) is 12.6 Å². The van der Waals surface area contributed by atoms with Crippen molar-refractivity contribution in [2.24, 2.45) is 0 Å². The molecule has 1 aliphatic heterocycles. The second-order valence-corrected chi connectivity index (χ2v) is 6.45. The average molecular weight is 229 g/mol. The number of rotatable bonds is 5. The zero-order chi connectivity index (χ0) is 11.3. The summed E-state index contributed by atoms with van der Waals surface area (Å²) in [6.07, 6.45) is 6.29. The van der Waals surface area contributed by atoms with Crippen molar-refractivity contribution in [1.29, 1.82) is 0 Å². The molecule has 5 heteroatoms. The van der Waals surface area contributed by atoms with E-state index in [1.165, 1.54) is 5.57 Å². The number of allylic oxidation sites excluding steroid dienone is 2. The van der Waals surface area contributed by atoms with Gasteiger partial charge < -0.3 is 18.2 Å². The van der Waals surface area contributed by atoms with E-state index in [0.29, 0.717) is 0 Å². The molecule has 0 atom stereocenters. The first-order valence-electron chi connectivity index (χ1n) is 4.88. The van der Waals surface area contributed by atoms with Gasteiger partial charge in [-0.15, -0.1) is 0 Å². The molecule has 15 heavy (non-hydrogen) atoms. The quantitative estimate of drug-likeness (QED) is 0.664. The first-order chi connectivity index (χ1) is 7.15. The molecule has 0 N–H and O–H groups in total. The minimum Gasteiger partial charge on any atom is -0.377 e. The monoisotopic (exact) mass is 229 g/mol. The lowest BCUT2D eigenvalue weighted by molar-refractivity contribution is 0.126. The molecule has 0 bridgehead atoms. The van der Waals surface area contributed by atoms with Crippen LogP contribution in [0.25, 0.3) is 0 Å². The van der Waals surface area contributed by atoms with Crippen molar-refractivity contribution in [3.8, 4) is 0 Å². The van der Waals surface area contributed by atoms with Crippen LogP contribution in [0.15, 0.2) is 23.9 Å². The van der Waals surface area contributed by atoms with Crippen molar-refractivity contribution in [3.63, 3.8) is 0 Å². The van der Waals surface area contributed by atoms with Crippen LogP contribution in [0.1, 0.15) is 0 Å². The minimum absolute atomic E-state index is 0.723. The van der Waals surface area contributed by atoms with Crippen LogP contribution >= 0.6 is 0 Å². The molecular weight excluding hydrogens is 210 g/mol. The second kappa shape index (κ2) is 5.46. The summed E-state index contributed by atoms with van der Waals surface area (Å²) in [4.78, 5) is 2.11. The summed E-state index contributed by atoms with van der Waals surface area (Å²) >= 11 is 0. The van der Waals surface area contributed by atoms with Gasteiger partial charge in [0.05, 0.1) is 0 Å². The predicted octanol–water partition coefficient (Wildman–Crippen LogP) is 1.25. The average Bonchev–Trinajstić information content (AvgIpc) is 2.29. The van der Waals surface area contributed by atoms with Crippen molar-refractivity contribution in [1.82, 2.24) is 4.90 Å². The van der Waals surface area contributed by atoms with Gasteiger partial charge >= 0.3 is 8.80 Å². The zero-order valence-electron chi connectivity index (χ0n) is 9.82. The zero-order valence-corrected chi connectivity index (χ0v) is 10.8. The Morgan fingerprint density at radius 3 is 2.27 bits per heavy atom. The van der Waals surface area contributed by atoms with Crippen LogP contribution in [0.2, 0.25) is 6.04 Å². The molecule has 0 amide bonds. The topological polar surface area (TPSA) is 30.9 Å². The standard InChI is InChI=1S/C10H19NO3Si/c1-11-7-5-10(6-8-11)9-15(12-2,13-3)14-4/h5-7H,8-9H2,1-4H3. The van der Waals surface area contributed by atoms with Crippen LogP contribution in [-0.4, -0.2) is 48.6 Å². The van der Waals surface area contributed by atoms with E-state index in [9.17, 15) is 0 Å². The number of hydrogen-bond donors (Lipinski definition) is 0. The lowest BCUT2D eigenvalue weighted by Gasteiger charge is -2.26. The van der Waals surface area contributed by atoms with E-state index in [1.54, 1.807) is 21.3 Å². The van der Waals surface area contributed by atoms with E-state index in [2.05, 4.69) is 23.3 Å². The summed E-state index contributed by atoms with van der Waals surface area (Å²) in [7, 11) is 4.49. The Morgan fingerprint density at radius 2 is 1.87 bits per heavy atom. The van der Waals surface area contributed by atoms with Crippen LogP contribution < -0.4 is 0 Å². The van der Waals surface area contributed by atoms with Crippen LogP contribution in [-0.2, 0) is 13.3 Å². The fourth-order valence-corrected chi connectivity index (χ4v) is 3.16. The highest BCUT2D eigenvalue weighted by Gasteiger charge is 2.38. The Bertz CT molecular complexity index is 253. The highest BCUT2D eigenvalue weighted by Crippen LogP contribution is 2.21. The minimum atomic E-state index is -2.46. The third-order valence-corrected chi connectivity index (χ3v) is 5.25. The van der Waals surface area contributed by atoms with Gasteiger partial charge in [-0.1, -0.05) is 6.08 Å². The summed E-state index contributed by atoms with van der Waals surface area (Å²) < 4.78 is 16.1. The Labute approximate surface area is 92.5 Å². The molecule has 0 fully saturated rings. The summed E-state index contributed by atoms with van der Waals surface area (Å²) in [5, 5.41) is 0. The van der Waals surface area contributed by atoms with Gasteiger partial charge in [-0.05, 0) is 17.8 Å². The molecule has 0 aromatic rings. The second-order valence-electron chi connectivity index (χ2n) is 3.51. The van der Waals surface area contributed by atoms with E-state index in [-0.39, 0.29) is 0 Å². The fourth-order valence-electron chi connectivity index (χ4n) is 1.46. The van der Waals surface area contributed by atoms with E-state index < -0.39 is 8.80 Å². The molecule has 0 radical (unpaired) electrons. The molecule has 0 aromatic heterocycles. The molecule has 0 spiro atoms. The summed E-state index contributed by atoms with van der Waals surface area (Å²) in [5.74, 6) is 0. The van der Waals surface area contributed by atoms with E-state index in [4.69, 9.17) is 13.3 Å². The van der Waals surface area contributed by atoms with Crippen LogP contribution in [0.5, 0.6) is 0 Å². The van der Waals surface area contributed by atoms with Crippen LogP contribution in [0, 0.1) is 0 Å². The first kappa shape index (κ1) is 12.4. The van der Waals surface area contributed by atoms with Gasteiger partial charge in [0.2, 0.25) is 0 Å². The van der Waals surface area contributed by atoms with Gasteiger partial charge in [0.15, 0.2) is 0 Å². The van der Waals surface area contributed by atoms with Gasteiger partial charge in [0.25, 0.3) is 0 Å². The van der Waals surface area contributed by atoms with Crippen molar-refractivity contribution < 1.29 is 13.3 Å². The molecule has 0 aliphatic carbocycles. The lowest BCUT2D eigenvalue weighted by atomic mass is 10.2. The molecule has 1 rings (SSSR count). The maximum absolute atomic E-state index is 5.37. The van der Waals surface area contributed by atoms with Crippen molar-refractivity contribution >= 4 is 8.80 Å². The molecule has 1 aliphatic rings. The van der Waals surface area contributed by atoms with E-state index >= 15 is 0 Å². The number of nitrogens with zero attached hydrogens (tertiary/aromatic N) is 1. The van der Waals surface area contributed by atoms with Crippen LogP contribution in [0.3, 0.4) is 0 Å². The van der Waals surface area contributed by atoms with Crippen molar-refractivity contribution in [2.45, 2.75) is 6.04 Å². The SMILES string of the molecule is CO[Si](CC1=CCN(C)C=C1)(OC)OC. The Balaban J connectivity index is 2.64. The Hall–Kier alpha value is -0.623. The molecule has 0 aromatic carbocycles. The fraction of sp³-hybridized carbons (Fsp3) is 0.600. The van der Waals surface area contributed by atoms with Gasteiger partial charge in [-0.25, -0.2) is 0 Å².